The van der Waals surface area contributed by atoms with E-state index in [9.17, 15) is 22.8 Å². The molecule has 12 heteroatoms. The van der Waals surface area contributed by atoms with Crippen molar-refractivity contribution in [2.45, 2.75) is 32.4 Å². The molecule has 10 nitrogen and oxygen atoms in total. The minimum atomic E-state index is -3.19. The first kappa shape index (κ1) is 23.7. The van der Waals surface area contributed by atoms with Crippen LogP contribution in [0.25, 0.3) is 11.3 Å². The van der Waals surface area contributed by atoms with Gasteiger partial charge >= 0.3 is 6.09 Å². The van der Waals surface area contributed by atoms with Gasteiger partial charge in [0.15, 0.2) is 9.84 Å². The van der Waals surface area contributed by atoms with Crippen molar-refractivity contribution in [3.63, 3.8) is 0 Å². The Labute approximate surface area is 189 Å². The third-order valence-electron chi connectivity index (χ3n) is 5.13. The number of halogens is 1. The fourth-order valence-electron chi connectivity index (χ4n) is 3.58. The van der Waals surface area contributed by atoms with Gasteiger partial charge in [-0.25, -0.2) is 18.2 Å². The normalized spacial score (nSPS) is 19.4. The Morgan fingerprint density at radius 3 is 2.62 bits per heavy atom. The Morgan fingerprint density at radius 1 is 1.31 bits per heavy atom. The van der Waals surface area contributed by atoms with E-state index in [4.69, 9.17) is 11.6 Å². The second kappa shape index (κ2) is 8.91. The largest absolute Gasteiger partial charge is 0.453 e. The Balaban J connectivity index is 1.86. The van der Waals surface area contributed by atoms with Crippen LogP contribution in [0, 0.1) is 6.92 Å². The van der Waals surface area contributed by atoms with E-state index in [1.807, 2.05) is 0 Å². The van der Waals surface area contributed by atoms with Gasteiger partial charge in [0.25, 0.3) is 5.56 Å². The molecule has 172 valence electrons. The van der Waals surface area contributed by atoms with Crippen LogP contribution in [0.2, 0.25) is 5.02 Å². The highest BCUT2D eigenvalue weighted by Crippen LogP contribution is 2.29. The van der Waals surface area contributed by atoms with E-state index in [1.54, 1.807) is 26.0 Å². The van der Waals surface area contributed by atoms with Crippen molar-refractivity contribution >= 4 is 39.1 Å². The number of nitrogens with zero attached hydrogens (tertiary/aromatic N) is 2. The number of carbonyl (C=O) groups is 2. The summed E-state index contributed by atoms with van der Waals surface area (Å²) in [5.74, 6) is -0.333. The summed E-state index contributed by atoms with van der Waals surface area (Å²) < 4.78 is 29.3. The van der Waals surface area contributed by atoms with Crippen molar-refractivity contribution in [1.29, 1.82) is 0 Å². The molecule has 1 aromatic heterocycles. The van der Waals surface area contributed by atoms with E-state index in [2.05, 4.69) is 20.4 Å². The lowest BCUT2D eigenvalue weighted by molar-refractivity contribution is -0.123. The lowest BCUT2D eigenvalue weighted by Crippen LogP contribution is -2.48. The maximum Gasteiger partial charge on any atom is 0.411 e. The van der Waals surface area contributed by atoms with Gasteiger partial charge in [0, 0.05) is 16.7 Å². The van der Waals surface area contributed by atoms with Crippen LogP contribution in [0.15, 0.2) is 29.1 Å². The van der Waals surface area contributed by atoms with Crippen LogP contribution < -0.4 is 16.2 Å². The Hall–Kier alpha value is -2.92. The number of rotatable bonds is 5. The molecule has 2 aromatic rings. The van der Waals surface area contributed by atoms with Crippen molar-refractivity contribution in [3.8, 4) is 11.3 Å². The monoisotopic (exact) mass is 482 g/mol. The van der Waals surface area contributed by atoms with Gasteiger partial charge in [0.1, 0.15) is 12.4 Å². The minimum absolute atomic E-state index is 0.0159. The number of hydrogen-bond acceptors (Lipinski definition) is 7. The number of anilines is 1. The van der Waals surface area contributed by atoms with E-state index in [0.29, 0.717) is 22.7 Å². The first-order valence-electron chi connectivity index (χ1n) is 9.66. The quantitative estimate of drug-likeness (QED) is 0.662. The molecule has 0 bridgehead atoms. The van der Waals surface area contributed by atoms with Gasteiger partial charge in [-0.3, -0.25) is 19.5 Å². The number of amides is 2. The lowest BCUT2D eigenvalue weighted by atomic mass is 10.0. The van der Waals surface area contributed by atoms with Crippen LogP contribution in [-0.2, 0) is 25.9 Å². The number of sulfone groups is 1. The Bertz CT molecular complexity index is 1240. The molecule has 1 unspecified atom stereocenters. The van der Waals surface area contributed by atoms with Crippen LogP contribution in [-0.4, -0.2) is 54.1 Å². The predicted molar refractivity (Wildman–Crippen MR) is 120 cm³/mol. The molecule has 0 spiro atoms. The number of methoxy groups -OCH3 is 1. The van der Waals surface area contributed by atoms with Crippen LogP contribution in [0.1, 0.15) is 19.2 Å². The SMILES string of the molecule is COC(=O)Nc1cc(Cl)ccc1-c1cc(=O)n(CC(=O)NC2(C)CCS(=O)(=O)C2)c(C)n1. The molecule has 1 atom stereocenters. The zero-order valence-electron chi connectivity index (χ0n) is 17.8. The van der Waals surface area contributed by atoms with Gasteiger partial charge in [-0.2, -0.15) is 0 Å². The topological polar surface area (TPSA) is 136 Å². The van der Waals surface area contributed by atoms with Gasteiger partial charge < -0.3 is 10.1 Å². The highest BCUT2D eigenvalue weighted by atomic mass is 35.5. The molecule has 2 N–H and O–H groups in total. The van der Waals surface area contributed by atoms with Crippen LogP contribution >= 0.6 is 11.6 Å². The molecule has 1 aromatic carbocycles. The van der Waals surface area contributed by atoms with Gasteiger partial charge in [-0.1, -0.05) is 11.6 Å². The first-order chi connectivity index (χ1) is 14.9. The molecule has 0 saturated carbocycles. The number of ether oxygens (including phenoxy) is 1. The maximum atomic E-state index is 12.8. The van der Waals surface area contributed by atoms with Gasteiger partial charge in [-0.15, -0.1) is 0 Å². The van der Waals surface area contributed by atoms with E-state index in [0.717, 1.165) is 0 Å². The van der Waals surface area contributed by atoms with Crippen molar-refractivity contribution < 1.29 is 22.7 Å². The van der Waals surface area contributed by atoms with E-state index in [-0.39, 0.29) is 29.6 Å². The smallest absolute Gasteiger partial charge is 0.411 e. The second-order valence-electron chi connectivity index (χ2n) is 7.87. The van der Waals surface area contributed by atoms with Crippen LogP contribution in [0.4, 0.5) is 10.5 Å². The zero-order chi connectivity index (χ0) is 23.7. The predicted octanol–water partition coefficient (Wildman–Crippen LogP) is 1.74. The molecular formula is C20H23ClN4O6S. The molecule has 0 aliphatic carbocycles. The molecule has 1 saturated heterocycles. The number of hydrogen-bond donors (Lipinski definition) is 2. The zero-order valence-corrected chi connectivity index (χ0v) is 19.3. The van der Waals surface area contributed by atoms with Crippen LogP contribution in [0.5, 0.6) is 0 Å². The summed E-state index contributed by atoms with van der Waals surface area (Å²) in [6.45, 7) is 2.94. The Kier molecular flexibility index (Phi) is 6.61. The van der Waals surface area contributed by atoms with Crippen molar-refractivity contribution in [2.24, 2.45) is 0 Å². The highest BCUT2D eigenvalue weighted by molar-refractivity contribution is 7.91. The van der Waals surface area contributed by atoms with Crippen molar-refractivity contribution in [1.82, 2.24) is 14.9 Å². The number of aryl methyl sites for hydroxylation is 1. The summed E-state index contributed by atoms with van der Waals surface area (Å²) in [6, 6.07) is 5.94. The summed E-state index contributed by atoms with van der Waals surface area (Å²) in [5.41, 5.74) is -0.313. The Morgan fingerprint density at radius 2 is 2.03 bits per heavy atom. The molecule has 0 radical (unpaired) electrons. The molecule has 1 aliphatic heterocycles. The second-order valence-corrected chi connectivity index (χ2v) is 10.5. The lowest BCUT2D eigenvalue weighted by Gasteiger charge is -2.24. The third-order valence-corrected chi connectivity index (χ3v) is 7.26. The molecule has 1 aliphatic rings. The number of benzene rings is 1. The molecule has 1 fully saturated rings. The number of carbonyl (C=O) groups excluding carboxylic acids is 2. The molecule has 2 heterocycles. The fraction of sp³-hybridized carbons (Fsp3) is 0.400. The number of aromatic nitrogens is 2. The van der Waals surface area contributed by atoms with Crippen molar-refractivity contribution in [2.75, 3.05) is 23.9 Å². The number of nitrogens with one attached hydrogen (secondary N) is 2. The standard InChI is InChI=1S/C20H23ClN4O6S/c1-12-22-16(14-5-4-13(21)8-15(14)23-19(28)31-3)9-18(27)25(12)10-17(26)24-20(2)6-7-32(29,30)11-20/h4-5,8-9H,6-7,10-11H2,1-3H3,(H,23,28)(H,24,26). The summed E-state index contributed by atoms with van der Waals surface area (Å²) in [5, 5.41) is 5.62. The average Bonchev–Trinajstić information content (AvgIpc) is 2.97. The molecule has 2 amide bonds. The van der Waals surface area contributed by atoms with Gasteiger partial charge in [-0.05, 0) is 38.5 Å². The maximum absolute atomic E-state index is 12.8. The van der Waals surface area contributed by atoms with Gasteiger partial charge in [0.2, 0.25) is 5.91 Å². The molecular weight excluding hydrogens is 460 g/mol. The third kappa shape index (κ3) is 5.46. The van der Waals surface area contributed by atoms with Crippen LogP contribution in [0.3, 0.4) is 0 Å². The first-order valence-corrected chi connectivity index (χ1v) is 11.9. The highest BCUT2D eigenvalue weighted by Gasteiger charge is 2.39. The van der Waals surface area contributed by atoms with Crippen molar-refractivity contribution in [3.05, 3.63) is 45.5 Å². The summed E-state index contributed by atoms with van der Waals surface area (Å²) in [7, 11) is -1.97. The molecule has 3 rings (SSSR count). The van der Waals surface area contributed by atoms with Gasteiger partial charge in [0.05, 0.1) is 35.5 Å². The average molecular weight is 483 g/mol. The van der Waals surface area contributed by atoms with E-state index < -0.39 is 32.9 Å². The van der Waals surface area contributed by atoms with E-state index >= 15 is 0 Å². The summed E-state index contributed by atoms with van der Waals surface area (Å²) in [6.07, 6.45) is -0.392. The summed E-state index contributed by atoms with van der Waals surface area (Å²) in [4.78, 5) is 41.3. The fourth-order valence-corrected chi connectivity index (χ4v) is 5.85. The van der Waals surface area contributed by atoms with E-state index in [1.165, 1.54) is 23.8 Å². The summed E-state index contributed by atoms with van der Waals surface area (Å²) >= 11 is 6.01. The molecule has 32 heavy (non-hydrogen) atoms. The minimum Gasteiger partial charge on any atom is -0.453 e.